The van der Waals surface area contributed by atoms with E-state index >= 15 is 4.39 Å². The van der Waals surface area contributed by atoms with E-state index in [1.807, 2.05) is 0 Å². The molecule has 0 fully saturated rings. The summed E-state index contributed by atoms with van der Waals surface area (Å²) in [4.78, 5) is 0. The van der Waals surface area contributed by atoms with E-state index < -0.39 is 11.4 Å². The fraction of sp³-hybridized carbons (Fsp3) is 0.136. The Kier molecular flexibility index (Phi) is 4.25. The third-order valence-corrected chi connectivity index (χ3v) is 5.10. The molecule has 3 N–H and O–H groups in total. The van der Waals surface area contributed by atoms with Crippen molar-refractivity contribution in [1.82, 2.24) is 9.78 Å². The Labute approximate surface area is 160 Å². The first-order valence-electron chi connectivity index (χ1n) is 8.80. The van der Waals surface area contributed by atoms with Crippen LogP contribution in [0.5, 0.6) is 0 Å². The zero-order chi connectivity index (χ0) is 19.9. The Morgan fingerprint density at radius 3 is 2.32 bits per heavy atom. The van der Waals surface area contributed by atoms with Gasteiger partial charge in [-0.3, -0.25) is 5.73 Å². The fourth-order valence-electron chi connectivity index (χ4n) is 3.30. The number of halogens is 2. The highest BCUT2D eigenvalue weighted by Crippen LogP contribution is 2.40. The Hall–Kier alpha value is -3.09. The van der Waals surface area contributed by atoms with E-state index in [9.17, 15) is 9.50 Å². The maximum atomic E-state index is 15.5. The highest BCUT2D eigenvalue weighted by molar-refractivity contribution is 5.81. The predicted octanol–water partition coefficient (Wildman–Crippen LogP) is 4.15. The van der Waals surface area contributed by atoms with Crippen molar-refractivity contribution in [3.8, 4) is 5.69 Å². The van der Waals surface area contributed by atoms with Crippen molar-refractivity contribution < 1.29 is 13.9 Å². The van der Waals surface area contributed by atoms with Gasteiger partial charge < -0.3 is 5.11 Å². The normalized spacial score (nSPS) is 15.9. The lowest BCUT2D eigenvalue weighted by molar-refractivity contribution is -0.0996. The quantitative estimate of drug-likeness (QED) is 0.524. The third-order valence-electron chi connectivity index (χ3n) is 5.10. The van der Waals surface area contributed by atoms with E-state index in [1.54, 1.807) is 71.5 Å². The van der Waals surface area contributed by atoms with Crippen LogP contribution in [0.25, 0.3) is 16.6 Å². The first-order valence-corrected chi connectivity index (χ1v) is 8.80. The van der Waals surface area contributed by atoms with Gasteiger partial charge in [-0.1, -0.05) is 36.4 Å². The van der Waals surface area contributed by atoms with Crippen molar-refractivity contribution in [1.29, 1.82) is 0 Å². The first kappa shape index (κ1) is 18.3. The van der Waals surface area contributed by atoms with Gasteiger partial charge in [-0.2, -0.15) is 5.10 Å². The van der Waals surface area contributed by atoms with Gasteiger partial charge in [-0.15, -0.1) is 0 Å². The Bertz CT molecular complexity index is 1120. The van der Waals surface area contributed by atoms with E-state index in [2.05, 4.69) is 5.10 Å². The molecule has 0 saturated carbocycles. The molecule has 0 radical (unpaired) electrons. The van der Waals surface area contributed by atoms with Gasteiger partial charge in [0.2, 0.25) is 5.79 Å². The number of fused-ring (bicyclic) bond motifs is 1. The molecule has 1 heterocycles. The zero-order valence-electron chi connectivity index (χ0n) is 15.2. The molecule has 1 aromatic heterocycles. The summed E-state index contributed by atoms with van der Waals surface area (Å²) in [6, 6.07) is 19.1. The average molecular weight is 379 g/mol. The molecule has 3 aromatic carbocycles. The van der Waals surface area contributed by atoms with Crippen LogP contribution in [0, 0.1) is 5.82 Å². The number of hydrogen-bond donors (Lipinski definition) is 2. The van der Waals surface area contributed by atoms with Crippen LogP contribution in [0.15, 0.2) is 79.0 Å². The average Bonchev–Trinajstić information content (AvgIpc) is 3.12. The molecular formula is C22H19F2N3O. The van der Waals surface area contributed by atoms with Crippen molar-refractivity contribution in [3.05, 3.63) is 95.9 Å². The Morgan fingerprint density at radius 2 is 1.64 bits per heavy atom. The molecule has 0 aliphatic carbocycles. The van der Waals surface area contributed by atoms with Gasteiger partial charge in [0.25, 0.3) is 0 Å². The minimum atomic E-state index is -2.49. The van der Waals surface area contributed by atoms with E-state index in [0.717, 1.165) is 5.52 Å². The number of benzene rings is 3. The minimum Gasteiger partial charge on any atom is -0.380 e. The summed E-state index contributed by atoms with van der Waals surface area (Å²) in [7, 11) is 0. The Balaban J connectivity index is 1.77. The van der Waals surface area contributed by atoms with Gasteiger partial charge >= 0.3 is 0 Å². The van der Waals surface area contributed by atoms with Gasteiger partial charge in [0.1, 0.15) is 11.4 Å². The highest BCUT2D eigenvalue weighted by atomic mass is 19.1. The van der Waals surface area contributed by atoms with E-state index in [0.29, 0.717) is 16.6 Å². The van der Waals surface area contributed by atoms with Crippen molar-refractivity contribution >= 4 is 10.9 Å². The lowest BCUT2D eigenvalue weighted by Crippen LogP contribution is -2.50. The molecule has 4 rings (SSSR count). The van der Waals surface area contributed by atoms with Crippen molar-refractivity contribution in [2.75, 3.05) is 0 Å². The smallest absolute Gasteiger partial charge is 0.217 e. The molecule has 2 unspecified atom stereocenters. The van der Waals surface area contributed by atoms with E-state index in [1.165, 1.54) is 19.1 Å². The number of nitrogens with two attached hydrogens (primary N) is 1. The van der Waals surface area contributed by atoms with Gasteiger partial charge in [0, 0.05) is 10.9 Å². The minimum absolute atomic E-state index is 0.183. The summed E-state index contributed by atoms with van der Waals surface area (Å²) in [6.07, 6.45) is 1.61. The van der Waals surface area contributed by atoms with Gasteiger partial charge in [-0.25, -0.2) is 13.5 Å². The number of hydrogen-bond acceptors (Lipinski definition) is 3. The summed E-state index contributed by atoms with van der Waals surface area (Å²) in [6.45, 7) is 1.35. The SMILES string of the molecule is CC(O)(c1ccc2c(cnn2-c2ccc(F)cc2)c1)C(N)(F)c1ccccc1. The molecule has 0 spiro atoms. The molecule has 0 aliphatic rings. The van der Waals surface area contributed by atoms with Gasteiger partial charge in [-0.05, 0) is 48.9 Å². The predicted molar refractivity (Wildman–Crippen MR) is 104 cm³/mol. The second-order valence-electron chi connectivity index (χ2n) is 6.96. The number of aromatic nitrogens is 2. The number of nitrogens with zero attached hydrogens (tertiary/aromatic N) is 2. The van der Waals surface area contributed by atoms with Crippen molar-refractivity contribution in [2.24, 2.45) is 5.73 Å². The summed E-state index contributed by atoms with van der Waals surface area (Å²) in [5.41, 5.74) is 5.90. The molecule has 142 valence electrons. The lowest BCUT2D eigenvalue weighted by Gasteiger charge is -2.36. The third kappa shape index (κ3) is 2.87. The number of alkyl halides is 1. The molecule has 4 nitrogen and oxygen atoms in total. The van der Waals surface area contributed by atoms with Crippen LogP contribution in [0.2, 0.25) is 0 Å². The number of rotatable bonds is 4. The van der Waals surface area contributed by atoms with Gasteiger partial charge in [0.05, 0.1) is 17.4 Å². The summed E-state index contributed by atoms with van der Waals surface area (Å²) >= 11 is 0. The van der Waals surface area contributed by atoms with Crippen LogP contribution in [-0.4, -0.2) is 14.9 Å². The molecule has 2 atom stereocenters. The standard InChI is InChI=1S/C22H19F2N3O/c1-21(28,22(24,25)16-5-3-2-4-6-16)17-7-12-20-15(13-17)14-26-27(20)19-10-8-18(23)9-11-19/h2-14,28H,25H2,1H3. The molecule has 6 heteroatoms. The first-order chi connectivity index (χ1) is 13.3. The Morgan fingerprint density at radius 1 is 0.964 bits per heavy atom. The second kappa shape index (κ2) is 6.51. The van der Waals surface area contributed by atoms with Crippen LogP contribution in [0.3, 0.4) is 0 Å². The summed E-state index contributed by atoms with van der Waals surface area (Å²) < 4.78 is 30.3. The molecule has 28 heavy (non-hydrogen) atoms. The maximum absolute atomic E-state index is 15.5. The van der Waals surface area contributed by atoms with Crippen LogP contribution in [0.4, 0.5) is 8.78 Å². The largest absolute Gasteiger partial charge is 0.380 e. The van der Waals surface area contributed by atoms with Crippen LogP contribution in [-0.2, 0) is 11.4 Å². The monoisotopic (exact) mass is 379 g/mol. The second-order valence-corrected chi connectivity index (χ2v) is 6.96. The highest BCUT2D eigenvalue weighted by Gasteiger charge is 2.47. The van der Waals surface area contributed by atoms with Crippen molar-refractivity contribution in [3.63, 3.8) is 0 Å². The summed E-state index contributed by atoms with van der Waals surface area (Å²) in [5, 5.41) is 16.0. The van der Waals surface area contributed by atoms with E-state index in [-0.39, 0.29) is 11.4 Å². The molecular weight excluding hydrogens is 360 g/mol. The van der Waals surface area contributed by atoms with Crippen LogP contribution >= 0.6 is 0 Å². The molecule has 0 aliphatic heterocycles. The lowest BCUT2D eigenvalue weighted by atomic mass is 9.82. The maximum Gasteiger partial charge on any atom is 0.217 e. The topological polar surface area (TPSA) is 64.1 Å². The van der Waals surface area contributed by atoms with Crippen LogP contribution in [0.1, 0.15) is 18.1 Å². The van der Waals surface area contributed by atoms with Gasteiger partial charge in [0.15, 0.2) is 0 Å². The zero-order valence-corrected chi connectivity index (χ0v) is 15.2. The fourth-order valence-corrected chi connectivity index (χ4v) is 3.30. The molecule has 4 aromatic rings. The number of aliphatic hydroxyl groups is 1. The van der Waals surface area contributed by atoms with Crippen molar-refractivity contribution in [2.45, 2.75) is 18.3 Å². The van der Waals surface area contributed by atoms with E-state index in [4.69, 9.17) is 5.73 Å². The molecule has 0 bridgehead atoms. The molecule has 0 saturated heterocycles. The summed E-state index contributed by atoms with van der Waals surface area (Å²) in [5.74, 6) is -2.82. The molecule has 0 amide bonds. The van der Waals surface area contributed by atoms with Crippen LogP contribution < -0.4 is 5.73 Å².